The molecule has 26 heavy (non-hydrogen) atoms. The van der Waals surface area contributed by atoms with Gasteiger partial charge in [0.2, 0.25) is 0 Å². The summed E-state index contributed by atoms with van der Waals surface area (Å²) >= 11 is 0. The molecule has 2 heteroatoms. The first kappa shape index (κ1) is 40.1. The van der Waals surface area contributed by atoms with Crippen molar-refractivity contribution in [1.82, 2.24) is 0 Å². The molecule has 0 amide bonds. The van der Waals surface area contributed by atoms with Gasteiger partial charge < -0.3 is 9.84 Å². The molecule has 0 aliphatic heterocycles. The summed E-state index contributed by atoms with van der Waals surface area (Å²) in [5.74, 6) is 0.886. The SMILES string of the molecule is CC.CC.CC.CC.CCCCCCC.CO/C(C)=C\C(C)=CCCO. The normalized spacial score (nSPS) is 9.15. The van der Waals surface area contributed by atoms with Gasteiger partial charge in [0.15, 0.2) is 0 Å². The first-order valence-corrected chi connectivity index (χ1v) is 11.1. The highest BCUT2D eigenvalue weighted by molar-refractivity contribution is 5.17. The first-order chi connectivity index (χ1) is 12.6. The van der Waals surface area contributed by atoms with E-state index in [0.717, 1.165) is 11.3 Å². The molecule has 0 aromatic carbocycles. The van der Waals surface area contributed by atoms with Gasteiger partial charge in [-0.2, -0.15) is 0 Å². The molecule has 0 saturated heterocycles. The zero-order valence-electron chi connectivity index (χ0n) is 21.0. The third-order valence-corrected chi connectivity index (χ3v) is 2.56. The van der Waals surface area contributed by atoms with Crippen LogP contribution in [0.1, 0.15) is 122 Å². The Morgan fingerprint density at radius 1 is 0.769 bits per heavy atom. The molecular weight excluding hydrogens is 320 g/mol. The maximum atomic E-state index is 8.51. The van der Waals surface area contributed by atoms with Crippen LogP contribution in [0, 0.1) is 0 Å². The minimum absolute atomic E-state index is 0.206. The van der Waals surface area contributed by atoms with Gasteiger partial charge in [-0.3, -0.25) is 0 Å². The van der Waals surface area contributed by atoms with Crippen LogP contribution in [0.4, 0.5) is 0 Å². The number of allylic oxidation sites excluding steroid dienone is 3. The maximum absolute atomic E-state index is 8.51. The Labute approximate surface area is 169 Å². The van der Waals surface area contributed by atoms with E-state index in [4.69, 9.17) is 9.84 Å². The molecule has 0 aliphatic rings. The van der Waals surface area contributed by atoms with E-state index in [1.807, 2.05) is 81.4 Å². The molecule has 164 valence electrons. The third kappa shape index (κ3) is 65.6. The Kier molecular flexibility index (Phi) is 86.9. The van der Waals surface area contributed by atoms with Gasteiger partial charge in [0.05, 0.1) is 12.9 Å². The fraction of sp³-hybridized carbons (Fsp3) is 0.833. The number of ether oxygens (including phenoxy) is 1. The minimum Gasteiger partial charge on any atom is -0.501 e. The van der Waals surface area contributed by atoms with Crippen LogP contribution in [0.5, 0.6) is 0 Å². The van der Waals surface area contributed by atoms with E-state index in [1.165, 1.54) is 32.1 Å². The van der Waals surface area contributed by atoms with Crippen molar-refractivity contribution >= 4 is 0 Å². The lowest BCUT2D eigenvalue weighted by atomic mass is 10.2. The smallest absolute Gasteiger partial charge is 0.0927 e. The fourth-order valence-corrected chi connectivity index (χ4v) is 1.41. The van der Waals surface area contributed by atoms with Crippen molar-refractivity contribution in [2.45, 2.75) is 122 Å². The summed E-state index contributed by atoms with van der Waals surface area (Å²) < 4.78 is 4.96. The lowest BCUT2D eigenvalue weighted by Crippen LogP contribution is -1.82. The van der Waals surface area contributed by atoms with Crippen LogP contribution >= 0.6 is 0 Å². The number of aliphatic hydroxyl groups excluding tert-OH is 1. The molecular formula is C24H56O2. The molecule has 0 spiro atoms. The van der Waals surface area contributed by atoms with Crippen molar-refractivity contribution in [1.29, 1.82) is 0 Å². The Morgan fingerprint density at radius 2 is 1.15 bits per heavy atom. The highest BCUT2D eigenvalue weighted by Gasteiger charge is 1.86. The molecule has 0 aliphatic carbocycles. The van der Waals surface area contributed by atoms with Crippen LogP contribution in [-0.4, -0.2) is 18.8 Å². The van der Waals surface area contributed by atoms with Gasteiger partial charge >= 0.3 is 0 Å². The van der Waals surface area contributed by atoms with E-state index in [9.17, 15) is 0 Å². The molecule has 0 aromatic rings. The number of hydrogen-bond acceptors (Lipinski definition) is 2. The predicted octanol–water partition coefficient (Wildman–Crippen LogP) is 8.95. The zero-order chi connectivity index (χ0) is 22.2. The van der Waals surface area contributed by atoms with Gasteiger partial charge in [-0.25, -0.2) is 0 Å². The molecule has 0 atom stereocenters. The van der Waals surface area contributed by atoms with Gasteiger partial charge in [-0.15, -0.1) is 0 Å². The number of rotatable bonds is 8. The second kappa shape index (κ2) is 56.4. The van der Waals surface area contributed by atoms with E-state index >= 15 is 0 Å². The quantitative estimate of drug-likeness (QED) is 0.260. The summed E-state index contributed by atoms with van der Waals surface area (Å²) in [4.78, 5) is 0. The maximum Gasteiger partial charge on any atom is 0.0927 e. The van der Waals surface area contributed by atoms with Gasteiger partial charge in [-0.1, -0.05) is 113 Å². The average molecular weight is 377 g/mol. The molecule has 0 fully saturated rings. The molecule has 1 N–H and O–H groups in total. The summed E-state index contributed by atoms with van der Waals surface area (Å²) in [6.07, 6.45) is 11.6. The van der Waals surface area contributed by atoms with Crippen molar-refractivity contribution in [3.63, 3.8) is 0 Å². The summed E-state index contributed by atoms with van der Waals surface area (Å²) in [5.41, 5.74) is 1.12. The van der Waals surface area contributed by atoms with E-state index in [0.29, 0.717) is 6.42 Å². The topological polar surface area (TPSA) is 29.5 Å². The highest BCUT2D eigenvalue weighted by Crippen LogP contribution is 2.02. The van der Waals surface area contributed by atoms with Gasteiger partial charge in [0.1, 0.15) is 0 Å². The molecule has 0 bridgehead atoms. The van der Waals surface area contributed by atoms with Crippen LogP contribution in [0.15, 0.2) is 23.5 Å². The second-order valence-corrected chi connectivity index (χ2v) is 4.48. The van der Waals surface area contributed by atoms with Crippen molar-refractivity contribution in [2.24, 2.45) is 0 Å². The van der Waals surface area contributed by atoms with E-state index in [1.54, 1.807) is 7.11 Å². The van der Waals surface area contributed by atoms with E-state index in [2.05, 4.69) is 13.8 Å². The Bertz CT molecular complexity index is 214. The van der Waals surface area contributed by atoms with Gasteiger partial charge in [0, 0.05) is 6.61 Å². The highest BCUT2D eigenvalue weighted by atomic mass is 16.5. The van der Waals surface area contributed by atoms with Crippen molar-refractivity contribution in [2.75, 3.05) is 13.7 Å². The largest absolute Gasteiger partial charge is 0.501 e. The molecule has 0 rings (SSSR count). The number of aliphatic hydroxyl groups is 1. The monoisotopic (exact) mass is 376 g/mol. The number of unbranched alkanes of at least 4 members (excludes halogenated alkanes) is 4. The van der Waals surface area contributed by atoms with Crippen molar-refractivity contribution < 1.29 is 9.84 Å². The van der Waals surface area contributed by atoms with Crippen LogP contribution < -0.4 is 0 Å². The predicted molar refractivity (Wildman–Crippen MR) is 126 cm³/mol. The molecule has 0 heterocycles. The molecule has 0 saturated carbocycles. The van der Waals surface area contributed by atoms with Crippen molar-refractivity contribution in [3.8, 4) is 0 Å². The summed E-state index contributed by atoms with van der Waals surface area (Å²) in [7, 11) is 1.64. The Morgan fingerprint density at radius 3 is 1.42 bits per heavy atom. The molecule has 0 unspecified atom stereocenters. The standard InChI is InChI=1S/C9H16O2.C7H16.4C2H6/c1-8(5-4-6-10)7-9(2)11-3;1-3-5-7-6-4-2;4*1-2/h5,7,10H,4,6H2,1-3H3;3-7H2,1-2H3;4*1-2H3/b8-5?,9-7-;;;;;. The molecule has 0 aromatic heterocycles. The van der Waals surface area contributed by atoms with Crippen LogP contribution in [-0.2, 0) is 4.74 Å². The van der Waals surface area contributed by atoms with Crippen molar-refractivity contribution in [3.05, 3.63) is 23.5 Å². The lowest BCUT2D eigenvalue weighted by molar-refractivity contribution is 0.293. The molecule has 0 radical (unpaired) electrons. The lowest BCUT2D eigenvalue weighted by Gasteiger charge is -1.98. The summed E-state index contributed by atoms with van der Waals surface area (Å²) in [6.45, 7) is 24.6. The number of hydrogen-bond donors (Lipinski definition) is 1. The van der Waals surface area contributed by atoms with Crippen LogP contribution in [0.2, 0.25) is 0 Å². The summed E-state index contributed by atoms with van der Waals surface area (Å²) in [6, 6.07) is 0. The molecule has 2 nitrogen and oxygen atoms in total. The zero-order valence-corrected chi connectivity index (χ0v) is 21.0. The van der Waals surface area contributed by atoms with Crippen LogP contribution in [0.3, 0.4) is 0 Å². The number of methoxy groups -OCH3 is 1. The van der Waals surface area contributed by atoms with Crippen LogP contribution in [0.25, 0.3) is 0 Å². The van der Waals surface area contributed by atoms with E-state index < -0.39 is 0 Å². The Balaban J connectivity index is -0.0000000575. The van der Waals surface area contributed by atoms with Gasteiger partial charge in [0.25, 0.3) is 0 Å². The van der Waals surface area contributed by atoms with E-state index in [-0.39, 0.29) is 6.61 Å². The van der Waals surface area contributed by atoms with Gasteiger partial charge in [-0.05, 0) is 26.3 Å². The second-order valence-electron chi connectivity index (χ2n) is 4.48. The Hall–Kier alpha value is -0.760. The first-order valence-electron chi connectivity index (χ1n) is 11.1. The summed E-state index contributed by atoms with van der Waals surface area (Å²) in [5, 5.41) is 8.51. The minimum atomic E-state index is 0.206. The fourth-order valence-electron chi connectivity index (χ4n) is 1.41. The third-order valence-electron chi connectivity index (χ3n) is 2.56. The average Bonchev–Trinajstić information content (AvgIpc) is 2.73.